The van der Waals surface area contributed by atoms with Crippen LogP contribution in [0.4, 0.5) is 0 Å². The van der Waals surface area contributed by atoms with Gasteiger partial charge in [-0.2, -0.15) is 0 Å². The molecule has 3 fully saturated rings. The van der Waals surface area contributed by atoms with Crippen molar-refractivity contribution in [2.75, 3.05) is 0 Å². The van der Waals surface area contributed by atoms with E-state index in [-0.39, 0.29) is 4.87 Å². The molecule has 0 spiro atoms. The predicted molar refractivity (Wildman–Crippen MR) is 103 cm³/mol. The molecule has 0 aliphatic heterocycles. The molecular formula is C20H37ClOSi. The number of alkyl halides is 1. The third-order valence-corrected chi connectivity index (χ3v) is 8.57. The molecule has 0 radical (unpaired) electrons. The van der Waals surface area contributed by atoms with Crippen molar-refractivity contribution in [3.05, 3.63) is 0 Å². The van der Waals surface area contributed by atoms with Crippen LogP contribution in [-0.4, -0.2) is 21.5 Å². The fraction of sp³-hybridized carbons (Fsp3) is 1.00. The van der Waals surface area contributed by atoms with Crippen LogP contribution in [0.1, 0.15) is 96.3 Å². The Hall–Kier alpha value is 0.467. The highest BCUT2D eigenvalue weighted by Gasteiger charge is 2.52. The van der Waals surface area contributed by atoms with Gasteiger partial charge in [-0.1, -0.05) is 57.8 Å². The van der Waals surface area contributed by atoms with E-state index >= 15 is 0 Å². The van der Waals surface area contributed by atoms with Gasteiger partial charge in [-0.15, -0.1) is 11.6 Å². The van der Waals surface area contributed by atoms with Crippen LogP contribution in [0.5, 0.6) is 0 Å². The smallest absolute Gasteiger partial charge is 0.146 e. The van der Waals surface area contributed by atoms with Crippen molar-refractivity contribution >= 4 is 22.1 Å². The van der Waals surface area contributed by atoms with Crippen molar-refractivity contribution in [3.63, 3.8) is 0 Å². The van der Waals surface area contributed by atoms with Gasteiger partial charge in [0.1, 0.15) is 10.5 Å². The summed E-state index contributed by atoms with van der Waals surface area (Å²) in [6, 6.07) is 0. The van der Waals surface area contributed by atoms with E-state index in [0.717, 1.165) is 16.4 Å². The van der Waals surface area contributed by atoms with E-state index in [1.165, 1.54) is 96.3 Å². The molecular weight excluding hydrogens is 320 g/mol. The van der Waals surface area contributed by atoms with Gasteiger partial charge in [0.15, 0.2) is 0 Å². The zero-order chi connectivity index (χ0) is 16.1. The summed E-state index contributed by atoms with van der Waals surface area (Å²) < 4.78 is 6.37. The fourth-order valence-electron chi connectivity index (χ4n) is 6.06. The zero-order valence-electron chi connectivity index (χ0n) is 15.2. The van der Waals surface area contributed by atoms with Gasteiger partial charge in [-0.25, -0.2) is 0 Å². The summed E-state index contributed by atoms with van der Waals surface area (Å²) >= 11 is 7.69. The van der Waals surface area contributed by atoms with E-state index in [0.29, 0.717) is 17.9 Å². The Morgan fingerprint density at radius 1 is 0.696 bits per heavy atom. The van der Waals surface area contributed by atoms with Crippen LogP contribution < -0.4 is 0 Å². The highest BCUT2D eigenvalue weighted by atomic mass is 35.5. The number of halogens is 1. The van der Waals surface area contributed by atoms with Gasteiger partial charge in [0.05, 0.1) is 11.0 Å². The van der Waals surface area contributed by atoms with Crippen molar-refractivity contribution in [3.8, 4) is 0 Å². The van der Waals surface area contributed by atoms with E-state index in [2.05, 4.69) is 0 Å². The van der Waals surface area contributed by atoms with Gasteiger partial charge in [-0.3, -0.25) is 0 Å². The van der Waals surface area contributed by atoms with Crippen molar-refractivity contribution in [1.29, 1.82) is 0 Å². The second-order valence-corrected chi connectivity index (χ2v) is 9.68. The Morgan fingerprint density at radius 2 is 1.09 bits per heavy atom. The van der Waals surface area contributed by atoms with Gasteiger partial charge in [0.25, 0.3) is 0 Å². The fourth-order valence-corrected chi connectivity index (χ4v) is 7.69. The maximum Gasteiger partial charge on any atom is 0.146 e. The molecule has 1 nitrogen and oxygen atoms in total. The Morgan fingerprint density at radius 3 is 1.48 bits per heavy atom. The highest BCUT2D eigenvalue weighted by molar-refractivity contribution is 6.25. The van der Waals surface area contributed by atoms with E-state index in [1.807, 2.05) is 0 Å². The summed E-state index contributed by atoms with van der Waals surface area (Å²) in [7, 11) is 0.843. The standard InChI is InChI=1S/C20H37ClOSi/c21-20(17-12-6-2-7-13-17,18-14-8-3-9-15-18)19(22-23)16-10-4-1-5-11-16/h16-19H,1-15H2,23H3. The Labute approximate surface area is 151 Å². The molecule has 3 heteroatoms. The van der Waals surface area contributed by atoms with E-state index in [9.17, 15) is 0 Å². The van der Waals surface area contributed by atoms with Gasteiger partial charge < -0.3 is 4.43 Å². The Balaban J connectivity index is 1.84. The van der Waals surface area contributed by atoms with E-state index in [1.54, 1.807) is 0 Å². The minimum Gasteiger partial charge on any atom is -0.423 e. The normalized spacial score (nSPS) is 28.0. The molecule has 0 aromatic rings. The number of hydrogen-bond donors (Lipinski definition) is 0. The molecule has 0 aromatic carbocycles. The molecule has 0 bridgehead atoms. The Kier molecular flexibility index (Phi) is 6.92. The van der Waals surface area contributed by atoms with Crippen molar-refractivity contribution in [2.24, 2.45) is 17.8 Å². The summed E-state index contributed by atoms with van der Waals surface area (Å²) in [5, 5.41) is 0. The molecule has 1 unspecified atom stereocenters. The second kappa shape index (κ2) is 8.72. The van der Waals surface area contributed by atoms with Crippen LogP contribution in [0, 0.1) is 17.8 Å². The van der Waals surface area contributed by atoms with Crippen LogP contribution in [0.15, 0.2) is 0 Å². The third-order valence-electron chi connectivity index (χ3n) is 7.23. The average Bonchev–Trinajstić information content (AvgIpc) is 2.64. The minimum absolute atomic E-state index is 0.0510. The first-order chi connectivity index (χ1) is 11.3. The van der Waals surface area contributed by atoms with Gasteiger partial charge in [0, 0.05) is 0 Å². The predicted octanol–water partition coefficient (Wildman–Crippen LogP) is 5.37. The molecule has 3 aliphatic carbocycles. The first-order valence-electron chi connectivity index (χ1n) is 10.5. The molecule has 3 rings (SSSR count). The maximum absolute atomic E-state index is 7.69. The summed E-state index contributed by atoms with van der Waals surface area (Å²) in [6.45, 7) is 0. The molecule has 134 valence electrons. The van der Waals surface area contributed by atoms with Crippen molar-refractivity contribution < 1.29 is 4.43 Å². The number of rotatable bonds is 5. The van der Waals surface area contributed by atoms with E-state index in [4.69, 9.17) is 16.0 Å². The van der Waals surface area contributed by atoms with Gasteiger partial charge >= 0.3 is 0 Å². The zero-order valence-corrected chi connectivity index (χ0v) is 18.0. The summed E-state index contributed by atoms with van der Waals surface area (Å²) in [4.78, 5) is -0.0510. The van der Waals surface area contributed by atoms with E-state index < -0.39 is 0 Å². The lowest BCUT2D eigenvalue weighted by Crippen LogP contribution is -2.55. The first kappa shape index (κ1) is 18.3. The van der Waals surface area contributed by atoms with Crippen molar-refractivity contribution in [1.82, 2.24) is 0 Å². The van der Waals surface area contributed by atoms with Gasteiger partial charge in [0.2, 0.25) is 0 Å². The molecule has 0 heterocycles. The lowest BCUT2D eigenvalue weighted by molar-refractivity contribution is 0.00518. The minimum atomic E-state index is -0.0510. The lowest BCUT2D eigenvalue weighted by atomic mass is 9.63. The SMILES string of the molecule is [SiH3]OC(C1CCCCC1)C(Cl)(C1CCCCC1)C1CCCCC1. The van der Waals surface area contributed by atoms with Crippen LogP contribution >= 0.6 is 11.6 Å². The van der Waals surface area contributed by atoms with Gasteiger partial charge in [-0.05, 0) is 56.3 Å². The maximum atomic E-state index is 7.69. The van der Waals surface area contributed by atoms with Crippen LogP contribution in [0.3, 0.4) is 0 Å². The molecule has 3 aliphatic rings. The van der Waals surface area contributed by atoms with Crippen LogP contribution in [0.25, 0.3) is 0 Å². The molecule has 0 N–H and O–H groups in total. The first-order valence-corrected chi connectivity index (χ1v) is 11.7. The molecule has 3 saturated carbocycles. The summed E-state index contributed by atoms with van der Waals surface area (Å²) in [6.07, 6.45) is 21.1. The second-order valence-electron chi connectivity index (χ2n) is 8.55. The highest BCUT2D eigenvalue weighted by Crippen LogP contribution is 2.52. The van der Waals surface area contributed by atoms with Crippen molar-refractivity contribution in [2.45, 2.75) is 107 Å². The molecule has 0 aromatic heterocycles. The van der Waals surface area contributed by atoms with Crippen LogP contribution in [-0.2, 0) is 4.43 Å². The Bertz CT molecular complexity index is 326. The summed E-state index contributed by atoms with van der Waals surface area (Å²) in [5.74, 6) is 2.16. The summed E-state index contributed by atoms with van der Waals surface area (Å²) in [5.41, 5.74) is 0. The monoisotopic (exact) mass is 356 g/mol. The van der Waals surface area contributed by atoms with Crippen LogP contribution in [0.2, 0.25) is 0 Å². The topological polar surface area (TPSA) is 9.23 Å². The lowest BCUT2D eigenvalue weighted by Gasteiger charge is -2.51. The number of hydrogen-bond acceptors (Lipinski definition) is 1. The molecule has 23 heavy (non-hydrogen) atoms. The molecule has 0 saturated heterocycles. The molecule has 0 amide bonds. The largest absolute Gasteiger partial charge is 0.423 e. The average molecular weight is 357 g/mol. The molecule has 1 atom stereocenters. The quantitative estimate of drug-likeness (QED) is 0.475. The third kappa shape index (κ3) is 4.01.